The monoisotopic (exact) mass is 285 g/mol. The largest absolute Gasteiger partial charge is 0.313 e. The van der Waals surface area contributed by atoms with Crippen LogP contribution in [-0.4, -0.2) is 23.2 Å². The van der Waals surface area contributed by atoms with E-state index in [2.05, 4.69) is 28.2 Å². The van der Waals surface area contributed by atoms with Gasteiger partial charge in [0.05, 0.1) is 4.83 Å². The number of alkyl halides is 1. The molecule has 1 heterocycles. The fraction of sp³-hybridized carbons (Fsp3) is 0.857. The van der Waals surface area contributed by atoms with E-state index in [1.165, 1.54) is 0 Å². The Balaban J connectivity index is 0.000001000. The van der Waals surface area contributed by atoms with Gasteiger partial charge in [-0.2, -0.15) is 0 Å². The lowest BCUT2D eigenvalue weighted by Crippen LogP contribution is -2.29. The summed E-state index contributed by atoms with van der Waals surface area (Å²) < 4.78 is 0. The highest BCUT2D eigenvalue weighted by molar-refractivity contribution is 9.10. The van der Waals surface area contributed by atoms with Crippen LogP contribution in [0.3, 0.4) is 0 Å². The van der Waals surface area contributed by atoms with E-state index in [1.807, 2.05) is 0 Å². The van der Waals surface area contributed by atoms with Crippen molar-refractivity contribution < 1.29 is 4.79 Å². The van der Waals surface area contributed by atoms with Gasteiger partial charge in [-0.05, 0) is 13.3 Å². The van der Waals surface area contributed by atoms with Crippen LogP contribution in [0.15, 0.2) is 0 Å². The molecule has 0 bridgehead atoms. The first-order chi connectivity index (χ1) is 4.70. The molecule has 1 rings (SSSR count). The van der Waals surface area contributed by atoms with Gasteiger partial charge in [0, 0.05) is 19.0 Å². The summed E-state index contributed by atoms with van der Waals surface area (Å²) >= 11 is 3.32. The van der Waals surface area contributed by atoms with Crippen LogP contribution in [0.5, 0.6) is 0 Å². The van der Waals surface area contributed by atoms with Crippen molar-refractivity contribution in [3.8, 4) is 0 Å². The third-order valence-electron chi connectivity index (χ3n) is 1.82. The average Bonchev–Trinajstić information content (AvgIpc) is 2.04. The molecule has 0 aromatic heterocycles. The van der Waals surface area contributed by atoms with Crippen molar-refractivity contribution in [3.63, 3.8) is 0 Å². The second-order valence-electron chi connectivity index (χ2n) is 2.78. The molecular formula is C7H13Br2NO. The van der Waals surface area contributed by atoms with Crippen molar-refractivity contribution in [1.82, 2.24) is 5.32 Å². The van der Waals surface area contributed by atoms with Gasteiger partial charge >= 0.3 is 0 Å². The number of ketones is 1. The molecule has 0 saturated carbocycles. The number of Topliss-reactive ketones (excluding diaryl/α,β-unsaturated/α-hetero) is 1. The van der Waals surface area contributed by atoms with Crippen molar-refractivity contribution >= 4 is 38.7 Å². The van der Waals surface area contributed by atoms with E-state index in [9.17, 15) is 4.79 Å². The zero-order chi connectivity index (χ0) is 7.56. The molecule has 1 aliphatic heterocycles. The second kappa shape index (κ2) is 5.27. The maximum absolute atomic E-state index is 11.1. The predicted octanol–water partition coefficient (Wildman–Crippen LogP) is 1.67. The second-order valence-corrected chi connectivity index (χ2v) is 3.89. The highest BCUT2D eigenvalue weighted by Gasteiger charge is 2.19. The predicted molar refractivity (Wildman–Crippen MR) is 54.7 cm³/mol. The zero-order valence-electron chi connectivity index (χ0n) is 6.47. The topological polar surface area (TPSA) is 29.1 Å². The first kappa shape index (κ1) is 11.6. The molecule has 0 aliphatic carbocycles. The Morgan fingerprint density at radius 1 is 1.64 bits per heavy atom. The lowest BCUT2D eigenvalue weighted by atomic mass is 10.1. The third kappa shape index (κ3) is 3.67. The Bertz CT molecular complexity index is 140. The SMILES string of the molecule is Br.CC1CCC(=O)C(Br)CN1. The highest BCUT2D eigenvalue weighted by atomic mass is 79.9. The van der Waals surface area contributed by atoms with E-state index in [0.29, 0.717) is 18.2 Å². The molecule has 0 spiro atoms. The molecule has 0 radical (unpaired) electrons. The van der Waals surface area contributed by atoms with Crippen LogP contribution in [0.2, 0.25) is 0 Å². The maximum atomic E-state index is 11.1. The molecule has 1 aliphatic rings. The minimum absolute atomic E-state index is 0. The van der Waals surface area contributed by atoms with Crippen molar-refractivity contribution in [2.45, 2.75) is 30.6 Å². The lowest BCUT2D eigenvalue weighted by molar-refractivity contribution is -0.118. The molecular weight excluding hydrogens is 274 g/mol. The van der Waals surface area contributed by atoms with Gasteiger partial charge in [0.25, 0.3) is 0 Å². The molecule has 0 aromatic carbocycles. The smallest absolute Gasteiger partial charge is 0.147 e. The van der Waals surface area contributed by atoms with Gasteiger partial charge < -0.3 is 5.32 Å². The quantitative estimate of drug-likeness (QED) is 0.687. The summed E-state index contributed by atoms with van der Waals surface area (Å²) in [6.45, 7) is 2.89. The summed E-state index contributed by atoms with van der Waals surface area (Å²) in [6.07, 6.45) is 1.69. The van der Waals surface area contributed by atoms with E-state index < -0.39 is 0 Å². The number of hydrogen-bond donors (Lipinski definition) is 1. The van der Waals surface area contributed by atoms with Gasteiger partial charge in [-0.1, -0.05) is 15.9 Å². The van der Waals surface area contributed by atoms with Crippen LogP contribution in [0.25, 0.3) is 0 Å². The minimum Gasteiger partial charge on any atom is -0.313 e. The number of nitrogens with one attached hydrogen (secondary N) is 1. The van der Waals surface area contributed by atoms with Crippen LogP contribution >= 0.6 is 32.9 Å². The Hall–Kier alpha value is 0.590. The van der Waals surface area contributed by atoms with Gasteiger partial charge in [-0.3, -0.25) is 4.79 Å². The summed E-state index contributed by atoms with van der Waals surface area (Å²) in [6, 6.07) is 0.492. The number of hydrogen-bond acceptors (Lipinski definition) is 2. The van der Waals surface area contributed by atoms with E-state index in [-0.39, 0.29) is 21.8 Å². The Labute approximate surface area is 86.0 Å². The molecule has 0 aromatic rings. The Kier molecular flexibility index (Phi) is 5.56. The molecule has 2 unspecified atom stereocenters. The molecule has 1 fully saturated rings. The third-order valence-corrected chi connectivity index (χ3v) is 2.65. The van der Waals surface area contributed by atoms with E-state index in [4.69, 9.17) is 0 Å². The molecule has 2 nitrogen and oxygen atoms in total. The Morgan fingerprint density at radius 2 is 2.27 bits per heavy atom. The lowest BCUT2D eigenvalue weighted by Gasteiger charge is -2.07. The zero-order valence-corrected chi connectivity index (χ0v) is 9.77. The number of rotatable bonds is 0. The van der Waals surface area contributed by atoms with Gasteiger partial charge in [0.15, 0.2) is 0 Å². The summed E-state index contributed by atoms with van der Waals surface area (Å²) in [5.74, 6) is 0.330. The average molecular weight is 287 g/mol. The molecule has 66 valence electrons. The fourth-order valence-electron chi connectivity index (χ4n) is 1.04. The first-order valence-electron chi connectivity index (χ1n) is 3.60. The number of carbonyl (C=O) groups excluding carboxylic acids is 1. The first-order valence-corrected chi connectivity index (χ1v) is 4.52. The number of halogens is 2. The maximum Gasteiger partial charge on any atom is 0.147 e. The van der Waals surface area contributed by atoms with Crippen molar-refractivity contribution in [2.24, 2.45) is 0 Å². The van der Waals surface area contributed by atoms with Crippen molar-refractivity contribution in [2.75, 3.05) is 6.54 Å². The number of carbonyl (C=O) groups is 1. The summed E-state index contributed by atoms with van der Waals surface area (Å²) in [5.41, 5.74) is 0. The fourth-order valence-corrected chi connectivity index (χ4v) is 1.45. The Morgan fingerprint density at radius 3 is 2.91 bits per heavy atom. The van der Waals surface area contributed by atoms with Gasteiger partial charge in [0.2, 0.25) is 0 Å². The molecule has 1 saturated heterocycles. The van der Waals surface area contributed by atoms with E-state index >= 15 is 0 Å². The molecule has 0 amide bonds. The van der Waals surface area contributed by atoms with Crippen molar-refractivity contribution in [1.29, 1.82) is 0 Å². The minimum atomic E-state index is 0. The van der Waals surface area contributed by atoms with E-state index in [1.54, 1.807) is 0 Å². The van der Waals surface area contributed by atoms with Crippen LogP contribution in [-0.2, 0) is 4.79 Å². The van der Waals surface area contributed by atoms with Gasteiger partial charge in [0.1, 0.15) is 5.78 Å². The molecule has 1 N–H and O–H groups in total. The van der Waals surface area contributed by atoms with Crippen LogP contribution < -0.4 is 5.32 Å². The van der Waals surface area contributed by atoms with Crippen LogP contribution in [0.4, 0.5) is 0 Å². The summed E-state index contributed by atoms with van der Waals surface area (Å²) in [7, 11) is 0. The summed E-state index contributed by atoms with van der Waals surface area (Å²) in [5, 5.41) is 3.26. The van der Waals surface area contributed by atoms with Gasteiger partial charge in [-0.25, -0.2) is 0 Å². The van der Waals surface area contributed by atoms with Crippen molar-refractivity contribution in [3.05, 3.63) is 0 Å². The highest BCUT2D eigenvalue weighted by Crippen LogP contribution is 2.10. The van der Waals surface area contributed by atoms with Gasteiger partial charge in [-0.15, -0.1) is 17.0 Å². The normalized spacial score (nSPS) is 32.4. The summed E-state index contributed by atoms with van der Waals surface area (Å²) in [4.78, 5) is 11.1. The molecule has 11 heavy (non-hydrogen) atoms. The standard InChI is InChI=1S/C7H12BrNO.BrH/c1-5-2-3-7(10)6(8)4-9-5;/h5-6,9H,2-4H2,1H3;1H. The molecule has 4 heteroatoms. The van der Waals surface area contributed by atoms with Crippen LogP contribution in [0, 0.1) is 0 Å². The van der Waals surface area contributed by atoms with Crippen LogP contribution in [0.1, 0.15) is 19.8 Å². The molecule has 2 atom stereocenters. The van der Waals surface area contributed by atoms with E-state index in [0.717, 1.165) is 13.0 Å².